The number of methoxy groups -OCH3 is 1. The quantitative estimate of drug-likeness (QED) is 0.0779. The summed E-state index contributed by atoms with van der Waals surface area (Å²) in [7, 11) is 3.02. The molecule has 260 valence electrons. The number of carbonyl (C=O) groups is 4. The Morgan fingerprint density at radius 2 is 1.75 bits per heavy atom. The van der Waals surface area contributed by atoms with Crippen molar-refractivity contribution in [1.29, 1.82) is 0 Å². The molecule has 1 aliphatic heterocycles. The Labute approximate surface area is 281 Å². The summed E-state index contributed by atoms with van der Waals surface area (Å²) >= 11 is 0. The fraction of sp³-hybridized carbons (Fsp3) is 0.400. The lowest BCUT2D eigenvalue weighted by Gasteiger charge is -2.35. The average Bonchev–Trinajstić information content (AvgIpc) is 3.79. The third kappa shape index (κ3) is 11.8. The molecule has 1 aliphatic rings. The lowest BCUT2D eigenvalue weighted by molar-refractivity contribution is -0.245. The number of likely N-dealkylation sites (N-methyl/N-ethyl adjacent to an activating group) is 1. The summed E-state index contributed by atoms with van der Waals surface area (Å²) in [5.41, 5.74) is -2.79. The van der Waals surface area contributed by atoms with Gasteiger partial charge in [-0.05, 0) is 33.3 Å². The summed E-state index contributed by atoms with van der Waals surface area (Å²) in [5.74, 6) is -1.45. The van der Waals surface area contributed by atoms with E-state index in [1.165, 1.54) is 31.5 Å². The molecule has 48 heavy (non-hydrogen) atoms. The highest BCUT2D eigenvalue weighted by molar-refractivity contribution is 6.12. The molecule has 2 rings (SSSR count). The number of nitrogens with one attached hydrogen (secondary N) is 1. The van der Waals surface area contributed by atoms with Crippen LogP contribution in [0.3, 0.4) is 0 Å². The van der Waals surface area contributed by atoms with Crippen LogP contribution in [0.15, 0.2) is 102 Å². The van der Waals surface area contributed by atoms with Gasteiger partial charge in [0.05, 0.1) is 12.3 Å². The summed E-state index contributed by atoms with van der Waals surface area (Å²) in [6, 6.07) is 0. The number of rotatable bonds is 18. The third-order valence-electron chi connectivity index (χ3n) is 7.16. The van der Waals surface area contributed by atoms with E-state index in [4.69, 9.17) is 18.6 Å². The molecule has 0 saturated carbocycles. The van der Waals surface area contributed by atoms with Gasteiger partial charge in [0.1, 0.15) is 17.8 Å². The van der Waals surface area contributed by atoms with Crippen molar-refractivity contribution in [2.24, 2.45) is 5.41 Å². The monoisotopic (exact) mass is 666 g/mol. The van der Waals surface area contributed by atoms with E-state index in [2.05, 4.69) is 10.3 Å². The predicted octanol–water partition coefficient (Wildman–Crippen LogP) is 3.62. The van der Waals surface area contributed by atoms with E-state index >= 15 is 0 Å². The van der Waals surface area contributed by atoms with E-state index in [0.717, 1.165) is 11.8 Å². The molecular weight excluding hydrogens is 620 g/mol. The third-order valence-corrected chi connectivity index (χ3v) is 7.16. The van der Waals surface area contributed by atoms with Crippen molar-refractivity contribution < 1.29 is 43.0 Å². The number of amides is 3. The van der Waals surface area contributed by atoms with Crippen LogP contribution in [-0.2, 0) is 39.8 Å². The minimum Gasteiger partial charge on any atom is -0.448 e. The van der Waals surface area contributed by atoms with Crippen LogP contribution in [0.1, 0.15) is 33.5 Å². The van der Waals surface area contributed by atoms with E-state index < -0.39 is 28.9 Å². The zero-order chi connectivity index (χ0) is 35.6. The predicted molar refractivity (Wildman–Crippen MR) is 178 cm³/mol. The molecule has 2 N–H and O–H groups in total. The largest absolute Gasteiger partial charge is 0.448 e. The first-order chi connectivity index (χ1) is 22.9. The Hall–Kier alpha value is -4.69. The van der Waals surface area contributed by atoms with Crippen molar-refractivity contribution in [3.63, 3.8) is 0 Å². The van der Waals surface area contributed by atoms with E-state index in [-0.39, 0.29) is 43.4 Å². The molecule has 0 radical (unpaired) electrons. The van der Waals surface area contributed by atoms with Gasteiger partial charge in [0.2, 0.25) is 5.91 Å². The normalized spacial score (nSPS) is 18.3. The molecule has 1 aromatic heterocycles. The van der Waals surface area contributed by atoms with Gasteiger partial charge in [-0.1, -0.05) is 72.9 Å². The molecule has 2 atom stereocenters. The van der Waals surface area contributed by atoms with Gasteiger partial charge in [0.25, 0.3) is 17.5 Å². The Balaban J connectivity index is 1.79. The summed E-state index contributed by atoms with van der Waals surface area (Å²) in [4.78, 5) is 56.4. The Morgan fingerprint density at radius 1 is 1.08 bits per heavy atom. The molecule has 3 amide bonds. The van der Waals surface area contributed by atoms with Crippen LogP contribution in [-0.4, -0.2) is 96.1 Å². The van der Waals surface area contributed by atoms with Crippen molar-refractivity contribution in [3.8, 4) is 0 Å². The molecule has 0 aromatic carbocycles. The van der Waals surface area contributed by atoms with Crippen molar-refractivity contribution in [2.75, 3.05) is 40.6 Å². The Kier molecular flexibility index (Phi) is 16.3. The second-order valence-electron chi connectivity index (χ2n) is 11.3. The molecule has 13 heteroatoms. The van der Waals surface area contributed by atoms with Gasteiger partial charge < -0.3 is 28.8 Å². The summed E-state index contributed by atoms with van der Waals surface area (Å²) in [6.45, 7) is 6.46. The highest BCUT2D eigenvalue weighted by Crippen LogP contribution is 2.25. The number of Topliss-reactive ketones (excluding diaryl/α,β-unsaturated/α-hetero) is 1. The number of oxazole rings is 1. The minimum absolute atomic E-state index is 0.216. The molecule has 1 saturated heterocycles. The van der Waals surface area contributed by atoms with Crippen LogP contribution >= 0.6 is 0 Å². The highest BCUT2D eigenvalue weighted by atomic mass is 16.8. The van der Waals surface area contributed by atoms with Crippen molar-refractivity contribution in [3.05, 3.63) is 103 Å². The number of hydrogen-bond donors (Lipinski definition) is 2. The van der Waals surface area contributed by atoms with Gasteiger partial charge in [0, 0.05) is 39.7 Å². The van der Waals surface area contributed by atoms with Crippen molar-refractivity contribution >= 4 is 23.5 Å². The highest BCUT2D eigenvalue weighted by Gasteiger charge is 2.52. The van der Waals surface area contributed by atoms with Crippen LogP contribution < -0.4 is 5.32 Å². The first-order valence-corrected chi connectivity index (χ1v) is 15.3. The average molecular weight is 667 g/mol. The number of carbonyl (C=O) groups excluding carboxylic acids is 4. The van der Waals surface area contributed by atoms with Crippen LogP contribution in [0.5, 0.6) is 0 Å². The molecular formula is C35H46N4O9. The molecule has 1 aromatic rings. The van der Waals surface area contributed by atoms with Gasteiger partial charge in [0.15, 0.2) is 19.0 Å². The van der Waals surface area contributed by atoms with Crippen LogP contribution in [0.25, 0.3) is 0 Å². The van der Waals surface area contributed by atoms with Gasteiger partial charge in [-0.3, -0.25) is 24.4 Å². The topological polar surface area (TPSA) is 161 Å². The van der Waals surface area contributed by atoms with Gasteiger partial charge in [-0.25, -0.2) is 4.98 Å². The molecule has 0 aliphatic carbocycles. The standard InChI is InChI=1S/C35H46N4O9/c1-27(18-14-11-12-15-19-29-22-36-25-47-29)31(41)34(3,4)32(42)37-21-17-13-9-7-8-10-16-20-30(40)39(44)35(24-46-26-48-35)33(43)38(5)23-28(2)45-6/h7-18,20,22,25,28,44H,19,21,23-24,26H2,1-6H3,(H,37,42)/b9-7+,10-8+,14-11-,15-12+,17-13-,20-16+,27-18-. The lowest BCUT2D eigenvalue weighted by Crippen LogP contribution is -2.61. The van der Waals surface area contributed by atoms with E-state index in [9.17, 15) is 24.4 Å². The second kappa shape index (κ2) is 19.9. The molecule has 2 unspecified atom stereocenters. The Bertz CT molecular complexity index is 1430. The lowest BCUT2D eigenvalue weighted by atomic mass is 9.83. The van der Waals surface area contributed by atoms with Crippen LogP contribution in [0, 0.1) is 5.41 Å². The number of ether oxygens (including phenoxy) is 3. The molecule has 2 heterocycles. The van der Waals surface area contributed by atoms with E-state index in [1.807, 2.05) is 12.2 Å². The van der Waals surface area contributed by atoms with Gasteiger partial charge in [-0.15, -0.1) is 0 Å². The molecule has 13 nitrogen and oxygen atoms in total. The number of aromatic nitrogens is 1. The van der Waals surface area contributed by atoms with E-state index in [1.54, 1.807) is 88.6 Å². The first-order valence-electron chi connectivity index (χ1n) is 15.3. The molecule has 1 fully saturated rings. The number of hydrogen-bond acceptors (Lipinski definition) is 10. The maximum absolute atomic E-state index is 13.0. The summed E-state index contributed by atoms with van der Waals surface area (Å²) < 4.78 is 20.9. The fourth-order valence-corrected chi connectivity index (χ4v) is 4.24. The summed E-state index contributed by atoms with van der Waals surface area (Å²) in [5, 5.41) is 13.6. The number of ketones is 1. The summed E-state index contributed by atoms with van der Waals surface area (Å²) in [6.07, 6.45) is 24.8. The number of allylic oxidation sites excluding steroid dienone is 12. The number of nitrogens with zero attached hydrogens (tertiary/aromatic N) is 3. The van der Waals surface area contributed by atoms with Crippen LogP contribution in [0.4, 0.5) is 0 Å². The maximum atomic E-state index is 13.0. The minimum atomic E-state index is -2.00. The van der Waals surface area contributed by atoms with Gasteiger partial charge in [-0.2, -0.15) is 5.06 Å². The SMILES string of the molecule is COC(C)CN(C)C(=O)C1(N(O)C(=O)/C=C/C=C/C=C/C=C\CNC(=O)C(C)(C)C(=O)\C(C)=C/C=C\C=C\Cc2cnco2)COCO1. The smallest absolute Gasteiger partial charge is 0.280 e. The second-order valence-corrected chi connectivity index (χ2v) is 11.3. The zero-order valence-corrected chi connectivity index (χ0v) is 28.3. The maximum Gasteiger partial charge on any atom is 0.280 e. The fourth-order valence-electron chi connectivity index (χ4n) is 4.24. The first kappa shape index (κ1) is 39.5. The van der Waals surface area contributed by atoms with Crippen molar-refractivity contribution in [1.82, 2.24) is 20.3 Å². The molecule has 0 spiro atoms. The van der Waals surface area contributed by atoms with Gasteiger partial charge >= 0.3 is 0 Å². The zero-order valence-electron chi connectivity index (χ0n) is 28.3. The molecule has 0 bridgehead atoms. The number of hydroxylamine groups is 2. The van der Waals surface area contributed by atoms with E-state index in [0.29, 0.717) is 12.0 Å². The van der Waals surface area contributed by atoms with Crippen LogP contribution in [0.2, 0.25) is 0 Å². The van der Waals surface area contributed by atoms with Crippen molar-refractivity contribution in [2.45, 2.75) is 45.9 Å². The Morgan fingerprint density at radius 3 is 2.40 bits per heavy atom.